The Morgan fingerprint density at radius 1 is 0.837 bits per heavy atom. The summed E-state index contributed by atoms with van der Waals surface area (Å²) >= 11 is 0. The van der Waals surface area contributed by atoms with Gasteiger partial charge in [-0.25, -0.2) is 8.78 Å². The molecule has 4 nitrogen and oxygen atoms in total. The van der Waals surface area contributed by atoms with Gasteiger partial charge in [0, 0.05) is 24.2 Å². The number of morpholine rings is 1. The van der Waals surface area contributed by atoms with Crippen molar-refractivity contribution in [3.8, 4) is 0 Å². The Bertz CT molecular complexity index is 1510. The Kier molecular flexibility index (Phi) is 8.97. The molecule has 0 radical (unpaired) electrons. The van der Waals surface area contributed by atoms with Gasteiger partial charge in [0.1, 0.15) is 0 Å². The molecule has 1 heterocycles. The van der Waals surface area contributed by atoms with E-state index in [4.69, 9.17) is 9.16 Å². The van der Waals surface area contributed by atoms with Crippen molar-refractivity contribution in [3.63, 3.8) is 0 Å². The largest absolute Gasteiger partial charge is 0.403 e. The van der Waals surface area contributed by atoms with Gasteiger partial charge in [0.15, 0.2) is 17.4 Å². The van der Waals surface area contributed by atoms with E-state index < -0.39 is 25.7 Å². The van der Waals surface area contributed by atoms with Crippen LogP contribution in [0, 0.1) is 11.6 Å². The van der Waals surface area contributed by atoms with E-state index >= 15 is 8.78 Å². The van der Waals surface area contributed by atoms with Gasteiger partial charge in [-0.05, 0) is 35.3 Å². The standard InChI is InChI=1S/C36H39F2NO3Si/c1-25-22-39(23-26(2)42-25)34-28(21-31(32(37)33(34)38)35(40)27-15-9-6-10-16-27)24-41-43(36(3,4)5,29-17-11-7-12-18-29)30-19-13-8-14-20-30/h6-21,25-26H,22-24H2,1-5H3. The maximum absolute atomic E-state index is 16.3. The summed E-state index contributed by atoms with van der Waals surface area (Å²) in [7, 11) is -3.02. The number of carbonyl (C=O) groups is 1. The summed E-state index contributed by atoms with van der Waals surface area (Å²) in [5.74, 6) is -2.76. The second-order valence-electron chi connectivity index (χ2n) is 12.4. The molecule has 4 aromatic rings. The predicted octanol–water partition coefficient (Wildman–Crippen LogP) is 6.89. The monoisotopic (exact) mass is 599 g/mol. The van der Waals surface area contributed by atoms with Gasteiger partial charge in [-0.3, -0.25) is 4.79 Å². The Balaban J connectivity index is 1.68. The lowest BCUT2D eigenvalue weighted by molar-refractivity contribution is -0.00553. The third-order valence-corrected chi connectivity index (χ3v) is 13.1. The molecule has 0 spiro atoms. The summed E-state index contributed by atoms with van der Waals surface area (Å²) in [5, 5.41) is 1.83. The Labute approximate surface area is 254 Å². The summed E-state index contributed by atoms with van der Waals surface area (Å²) in [6, 6.07) is 30.2. The van der Waals surface area contributed by atoms with Gasteiger partial charge in [0.25, 0.3) is 8.32 Å². The summed E-state index contributed by atoms with van der Waals surface area (Å²) in [4.78, 5) is 15.3. The first-order chi connectivity index (χ1) is 20.5. The molecule has 1 aliphatic heterocycles. The first kappa shape index (κ1) is 30.8. The lowest BCUT2D eigenvalue weighted by Gasteiger charge is -2.43. The molecule has 224 valence electrons. The topological polar surface area (TPSA) is 38.8 Å². The van der Waals surface area contributed by atoms with Crippen molar-refractivity contribution in [2.75, 3.05) is 18.0 Å². The number of anilines is 1. The number of ketones is 1. The number of carbonyl (C=O) groups excluding carboxylic acids is 1. The van der Waals surface area contributed by atoms with Crippen molar-refractivity contribution in [1.82, 2.24) is 0 Å². The zero-order chi connectivity index (χ0) is 30.8. The van der Waals surface area contributed by atoms with Gasteiger partial charge in [0.2, 0.25) is 0 Å². The first-order valence-corrected chi connectivity index (χ1v) is 16.7. The molecule has 2 atom stereocenters. The van der Waals surface area contributed by atoms with Gasteiger partial charge >= 0.3 is 0 Å². The smallest absolute Gasteiger partial charge is 0.261 e. The van der Waals surface area contributed by atoms with Gasteiger partial charge in [0.05, 0.1) is 30.1 Å². The van der Waals surface area contributed by atoms with E-state index in [9.17, 15) is 4.79 Å². The molecule has 2 unspecified atom stereocenters. The average Bonchev–Trinajstić information content (AvgIpc) is 2.99. The number of ether oxygens (including phenoxy) is 1. The molecule has 1 fully saturated rings. The highest BCUT2D eigenvalue weighted by atomic mass is 28.4. The molecular formula is C36H39F2NO3Si. The molecule has 0 amide bonds. The van der Waals surface area contributed by atoms with Crippen LogP contribution in [-0.2, 0) is 15.8 Å². The van der Waals surface area contributed by atoms with Crippen molar-refractivity contribution in [2.45, 2.75) is 58.5 Å². The maximum atomic E-state index is 16.3. The molecule has 0 aliphatic carbocycles. The zero-order valence-electron chi connectivity index (χ0n) is 25.4. The highest BCUT2D eigenvalue weighted by molar-refractivity contribution is 6.99. The van der Waals surface area contributed by atoms with Crippen LogP contribution in [-0.4, -0.2) is 39.4 Å². The summed E-state index contributed by atoms with van der Waals surface area (Å²) in [5.41, 5.74) is 0.554. The van der Waals surface area contributed by atoms with Crippen LogP contribution in [0.4, 0.5) is 14.5 Å². The van der Waals surface area contributed by atoms with Crippen LogP contribution >= 0.6 is 0 Å². The van der Waals surface area contributed by atoms with Crippen LogP contribution in [0.2, 0.25) is 5.04 Å². The fourth-order valence-electron chi connectivity index (χ4n) is 6.34. The Morgan fingerprint density at radius 3 is 1.81 bits per heavy atom. The number of halogens is 2. The SMILES string of the molecule is CC1CN(c2c(CO[Si](c3ccccc3)(c3ccccc3)C(C)(C)C)cc(C(=O)c3ccccc3)c(F)c2F)CC(C)O1. The van der Waals surface area contributed by atoms with Crippen LogP contribution in [0.5, 0.6) is 0 Å². The maximum Gasteiger partial charge on any atom is 0.261 e. The lowest BCUT2D eigenvalue weighted by atomic mass is 9.98. The minimum Gasteiger partial charge on any atom is -0.403 e. The van der Waals surface area contributed by atoms with Crippen molar-refractivity contribution in [1.29, 1.82) is 0 Å². The second kappa shape index (κ2) is 12.5. The van der Waals surface area contributed by atoms with Crippen LogP contribution in [0.25, 0.3) is 0 Å². The molecule has 43 heavy (non-hydrogen) atoms. The van der Waals surface area contributed by atoms with Gasteiger partial charge in [-0.2, -0.15) is 0 Å². The van der Waals surface area contributed by atoms with E-state index in [0.29, 0.717) is 24.2 Å². The normalized spacial score (nSPS) is 17.6. The molecule has 1 saturated heterocycles. The third-order valence-electron chi connectivity index (χ3n) is 8.14. The van der Waals surface area contributed by atoms with Crippen molar-refractivity contribution >= 4 is 30.2 Å². The van der Waals surface area contributed by atoms with Crippen LogP contribution in [0.1, 0.15) is 56.1 Å². The quantitative estimate of drug-likeness (QED) is 0.163. The molecular weight excluding hydrogens is 560 g/mol. The van der Waals surface area contributed by atoms with Gasteiger partial charge in [-0.1, -0.05) is 112 Å². The van der Waals surface area contributed by atoms with E-state index in [1.807, 2.05) is 55.1 Å². The molecule has 4 aromatic carbocycles. The number of benzene rings is 4. The highest BCUT2D eigenvalue weighted by Gasteiger charge is 2.50. The van der Waals surface area contributed by atoms with Crippen molar-refractivity contribution in [3.05, 3.63) is 125 Å². The molecule has 0 saturated carbocycles. The molecule has 1 aliphatic rings. The van der Waals surface area contributed by atoms with E-state index in [1.165, 1.54) is 6.07 Å². The second-order valence-corrected chi connectivity index (χ2v) is 16.7. The predicted molar refractivity (Wildman–Crippen MR) is 171 cm³/mol. The zero-order valence-corrected chi connectivity index (χ0v) is 26.4. The van der Waals surface area contributed by atoms with Crippen molar-refractivity contribution < 1.29 is 22.7 Å². The fraction of sp³-hybridized carbons (Fsp3) is 0.306. The Morgan fingerprint density at radius 2 is 1.33 bits per heavy atom. The molecule has 0 aromatic heterocycles. The van der Waals surface area contributed by atoms with E-state index in [0.717, 1.165) is 10.4 Å². The molecule has 7 heteroatoms. The van der Waals surface area contributed by atoms with Crippen LogP contribution < -0.4 is 15.3 Å². The number of rotatable bonds is 8. The van der Waals surface area contributed by atoms with Crippen LogP contribution in [0.3, 0.4) is 0 Å². The summed E-state index contributed by atoms with van der Waals surface area (Å²) in [6.07, 6.45) is -0.357. The number of hydrogen-bond acceptors (Lipinski definition) is 4. The van der Waals surface area contributed by atoms with Crippen molar-refractivity contribution in [2.24, 2.45) is 0 Å². The Hall–Kier alpha value is -3.65. The van der Waals surface area contributed by atoms with E-state index in [-0.39, 0.29) is 35.1 Å². The van der Waals surface area contributed by atoms with E-state index in [1.54, 1.807) is 30.3 Å². The first-order valence-electron chi connectivity index (χ1n) is 14.8. The average molecular weight is 600 g/mol. The van der Waals surface area contributed by atoms with Gasteiger partial charge in [-0.15, -0.1) is 0 Å². The van der Waals surface area contributed by atoms with Gasteiger partial charge < -0.3 is 14.1 Å². The minimum absolute atomic E-state index is 0.00496. The fourth-order valence-corrected chi connectivity index (χ4v) is 10.9. The highest BCUT2D eigenvalue weighted by Crippen LogP contribution is 2.39. The molecule has 5 rings (SSSR count). The van der Waals surface area contributed by atoms with E-state index in [2.05, 4.69) is 45.0 Å². The third kappa shape index (κ3) is 6.07. The number of nitrogens with zero attached hydrogens (tertiary/aromatic N) is 1. The van der Waals surface area contributed by atoms with Crippen LogP contribution in [0.15, 0.2) is 97.1 Å². The number of hydrogen-bond donors (Lipinski definition) is 0. The summed E-state index contributed by atoms with van der Waals surface area (Å²) < 4.78 is 45.2. The minimum atomic E-state index is -3.02. The molecule has 0 bridgehead atoms. The molecule has 0 N–H and O–H groups in total. The summed E-state index contributed by atoms with van der Waals surface area (Å²) in [6.45, 7) is 11.1. The lowest BCUT2D eigenvalue weighted by Crippen LogP contribution is -2.66.